The van der Waals surface area contributed by atoms with E-state index in [2.05, 4.69) is 0 Å². The maximum Gasteiger partial charge on any atom is 0.106 e. The van der Waals surface area contributed by atoms with Gasteiger partial charge in [0.2, 0.25) is 0 Å². The van der Waals surface area contributed by atoms with E-state index in [9.17, 15) is 0 Å². The second-order valence-corrected chi connectivity index (χ2v) is 0.926. The first kappa shape index (κ1) is 9.41. The third-order valence-electron chi connectivity index (χ3n) is 0.144. The van der Waals surface area contributed by atoms with Gasteiger partial charge in [0.25, 0.3) is 0 Å². The maximum atomic E-state index is 6.39. The molecule has 0 spiro atoms. The fourth-order valence-corrected chi connectivity index (χ4v) is 0. The highest BCUT2D eigenvalue weighted by Gasteiger charge is 1.73. The molecule has 0 unspecified atom stereocenters. The monoisotopic (exact) mass is 128 g/mol. The minimum Gasteiger partial charge on any atom is -0.387 e. The van der Waals surface area contributed by atoms with E-state index in [1.54, 1.807) is 0 Å². The lowest BCUT2D eigenvalue weighted by molar-refractivity contribution is 1.42. The van der Waals surface area contributed by atoms with Gasteiger partial charge in [-0.1, -0.05) is 0 Å². The lowest BCUT2D eigenvalue weighted by Gasteiger charge is -1.76. The van der Waals surface area contributed by atoms with Crippen molar-refractivity contribution in [1.82, 2.24) is 0 Å². The molecule has 0 saturated carbocycles. The van der Waals surface area contributed by atoms with Crippen molar-refractivity contribution in [2.45, 2.75) is 0 Å². The van der Waals surface area contributed by atoms with Crippen LogP contribution in [0.15, 0.2) is 0 Å². The Morgan fingerprint density at radius 3 is 2.00 bits per heavy atom. The van der Waals surface area contributed by atoms with Crippen LogP contribution in [0.25, 0.3) is 0 Å². The number of hydrogen-bond donors (Lipinski definition) is 2. The van der Waals surface area contributed by atoms with E-state index in [1.807, 2.05) is 0 Å². The normalized spacial score (nSPS) is 6.17. The van der Waals surface area contributed by atoms with Crippen molar-refractivity contribution in [2.24, 2.45) is 5.73 Å². The van der Waals surface area contributed by atoms with Crippen molar-refractivity contribution < 1.29 is 0 Å². The quantitative estimate of drug-likeness (QED) is 0.303. The summed E-state index contributed by atoms with van der Waals surface area (Å²) in [5.41, 5.74) is 4.74. The molecule has 0 atom stereocenters. The molecule has 0 aliphatic carbocycles. The van der Waals surface area contributed by atoms with Gasteiger partial charge in [-0.3, -0.25) is 5.41 Å². The second kappa shape index (κ2) is 5.05. The lowest BCUT2D eigenvalue weighted by atomic mass is 10.7. The number of nitrogens with one attached hydrogen (secondary N) is 1. The molecule has 0 amide bonds. The van der Waals surface area contributed by atoms with Gasteiger partial charge in [-0.25, -0.2) is 0 Å². The van der Waals surface area contributed by atoms with Crippen molar-refractivity contribution >= 4 is 29.8 Å². The minimum absolute atomic E-state index is 0. The largest absolute Gasteiger partial charge is 0.387 e. The van der Waals surface area contributed by atoms with Crippen molar-refractivity contribution in [2.75, 3.05) is 5.88 Å². The summed E-state index contributed by atoms with van der Waals surface area (Å²) in [6, 6.07) is 0. The van der Waals surface area contributed by atoms with Crippen LogP contribution in [0.3, 0.4) is 0 Å². The van der Waals surface area contributed by atoms with E-state index in [4.69, 9.17) is 22.7 Å². The molecule has 0 bridgehead atoms. The molecular formula is C2H6Cl2N2. The SMILES string of the molecule is Cl.N=C(N)CCl. The van der Waals surface area contributed by atoms with Crippen molar-refractivity contribution in [3.05, 3.63) is 0 Å². The Morgan fingerprint density at radius 2 is 2.00 bits per heavy atom. The van der Waals surface area contributed by atoms with Gasteiger partial charge < -0.3 is 5.73 Å². The van der Waals surface area contributed by atoms with Gasteiger partial charge in [0, 0.05) is 0 Å². The molecule has 6 heavy (non-hydrogen) atoms. The molecule has 0 aromatic rings. The Hall–Kier alpha value is 0.0500. The van der Waals surface area contributed by atoms with Crippen LogP contribution in [0.4, 0.5) is 0 Å². The number of hydrogen-bond acceptors (Lipinski definition) is 1. The summed E-state index contributed by atoms with van der Waals surface area (Å²) >= 11 is 4.99. The third-order valence-corrected chi connectivity index (χ3v) is 0.432. The van der Waals surface area contributed by atoms with E-state index in [0.717, 1.165) is 0 Å². The van der Waals surface area contributed by atoms with Gasteiger partial charge in [0.05, 0.1) is 5.88 Å². The summed E-state index contributed by atoms with van der Waals surface area (Å²) in [6.45, 7) is 0. The molecule has 0 aromatic heterocycles. The molecule has 0 heterocycles. The van der Waals surface area contributed by atoms with Crippen LogP contribution in [0, 0.1) is 5.41 Å². The third kappa shape index (κ3) is 8.96. The smallest absolute Gasteiger partial charge is 0.106 e. The molecule has 0 aliphatic heterocycles. The van der Waals surface area contributed by atoms with Gasteiger partial charge in [-0.2, -0.15) is 0 Å². The summed E-state index contributed by atoms with van der Waals surface area (Å²) in [5, 5.41) is 6.39. The predicted octanol–water partition coefficient (Wildman–Crippen LogP) is 0.583. The van der Waals surface area contributed by atoms with E-state index >= 15 is 0 Å². The number of halogens is 2. The zero-order valence-electron chi connectivity index (χ0n) is 3.07. The topological polar surface area (TPSA) is 49.9 Å². The van der Waals surface area contributed by atoms with Crippen LogP contribution >= 0.6 is 24.0 Å². The minimum atomic E-state index is 0. The van der Waals surface area contributed by atoms with Crippen LogP contribution in [0.2, 0.25) is 0 Å². The summed E-state index contributed by atoms with van der Waals surface area (Å²) in [4.78, 5) is 0. The molecule has 3 N–H and O–H groups in total. The first-order valence-electron chi connectivity index (χ1n) is 1.16. The molecule has 0 aliphatic rings. The molecule has 0 fully saturated rings. The highest BCUT2D eigenvalue weighted by Crippen LogP contribution is 1.65. The molecule has 0 rings (SSSR count). The molecule has 0 radical (unpaired) electrons. The van der Waals surface area contributed by atoms with Crippen molar-refractivity contribution in [3.63, 3.8) is 0 Å². The highest BCUT2D eigenvalue weighted by molar-refractivity contribution is 6.27. The number of amidine groups is 1. The van der Waals surface area contributed by atoms with E-state index in [-0.39, 0.29) is 24.1 Å². The first-order chi connectivity index (χ1) is 2.27. The van der Waals surface area contributed by atoms with E-state index in [1.165, 1.54) is 0 Å². The lowest BCUT2D eigenvalue weighted by Crippen LogP contribution is -2.09. The molecule has 0 saturated heterocycles. The molecule has 4 heteroatoms. The summed E-state index contributed by atoms with van der Waals surface area (Å²) in [7, 11) is 0. The fraction of sp³-hybridized carbons (Fsp3) is 0.500. The predicted molar refractivity (Wildman–Crippen MR) is 29.9 cm³/mol. The molecular weight excluding hydrogens is 123 g/mol. The Bertz CT molecular complexity index is 44.8. The van der Waals surface area contributed by atoms with E-state index < -0.39 is 0 Å². The van der Waals surface area contributed by atoms with Gasteiger partial charge in [0.15, 0.2) is 0 Å². The number of nitrogens with two attached hydrogens (primary N) is 1. The number of rotatable bonds is 1. The Balaban J connectivity index is 0. The number of alkyl halides is 1. The zero-order valence-corrected chi connectivity index (χ0v) is 4.64. The van der Waals surface area contributed by atoms with Gasteiger partial charge in [0.1, 0.15) is 5.84 Å². The van der Waals surface area contributed by atoms with E-state index in [0.29, 0.717) is 0 Å². The fourth-order valence-electron chi connectivity index (χ4n) is 0. The highest BCUT2D eigenvalue weighted by atomic mass is 35.5. The van der Waals surface area contributed by atoms with Gasteiger partial charge in [-0.15, -0.1) is 24.0 Å². The Morgan fingerprint density at radius 1 is 1.83 bits per heavy atom. The Labute approximate surface area is 47.6 Å². The average Bonchev–Trinajstić information content (AvgIpc) is 1.38. The molecule has 2 nitrogen and oxygen atoms in total. The maximum absolute atomic E-state index is 6.39. The molecule has 38 valence electrons. The second-order valence-electron chi connectivity index (χ2n) is 0.659. The van der Waals surface area contributed by atoms with Gasteiger partial charge in [-0.05, 0) is 0 Å². The van der Waals surface area contributed by atoms with Crippen LogP contribution < -0.4 is 5.73 Å². The average molecular weight is 129 g/mol. The summed E-state index contributed by atoms with van der Waals surface area (Å²) < 4.78 is 0. The van der Waals surface area contributed by atoms with Crippen LogP contribution in [-0.2, 0) is 0 Å². The van der Waals surface area contributed by atoms with Crippen molar-refractivity contribution in [1.29, 1.82) is 5.41 Å². The van der Waals surface area contributed by atoms with Gasteiger partial charge >= 0.3 is 0 Å². The summed E-state index contributed by atoms with van der Waals surface area (Å²) in [6.07, 6.45) is 0. The standard InChI is InChI=1S/C2H5ClN2.ClH/c3-1-2(4)5;/h1H2,(H3,4,5);1H. The van der Waals surface area contributed by atoms with Crippen molar-refractivity contribution in [3.8, 4) is 0 Å². The van der Waals surface area contributed by atoms with Crippen LogP contribution in [0.1, 0.15) is 0 Å². The first-order valence-corrected chi connectivity index (χ1v) is 1.69. The zero-order chi connectivity index (χ0) is 4.28. The van der Waals surface area contributed by atoms with Crippen LogP contribution in [0.5, 0.6) is 0 Å². The summed E-state index contributed by atoms with van der Waals surface area (Å²) in [5.74, 6) is 0.159. The molecule has 0 aromatic carbocycles. The Kier molecular flexibility index (Phi) is 7.92. The van der Waals surface area contributed by atoms with Crippen LogP contribution in [-0.4, -0.2) is 11.7 Å².